The Labute approximate surface area is 227 Å². The summed E-state index contributed by atoms with van der Waals surface area (Å²) < 4.78 is 7.16. The number of thioether (sulfide) groups is 2. The second-order valence-electron chi connectivity index (χ2n) is 8.73. The van der Waals surface area contributed by atoms with Crippen molar-refractivity contribution in [2.24, 2.45) is 0 Å². The number of nitrogens with zero attached hydrogens (tertiary/aromatic N) is 3. The monoisotopic (exact) mass is 541 g/mol. The maximum atomic E-state index is 13.0. The molecule has 0 fully saturated rings. The van der Waals surface area contributed by atoms with Crippen LogP contribution >= 0.6 is 23.5 Å². The Balaban J connectivity index is 1.72. The topological polar surface area (TPSA) is 98.1 Å². The van der Waals surface area contributed by atoms with Crippen molar-refractivity contribution in [3.63, 3.8) is 0 Å². The third-order valence-corrected chi connectivity index (χ3v) is 7.53. The van der Waals surface area contributed by atoms with E-state index in [9.17, 15) is 9.59 Å². The molecule has 198 valence electrons. The number of carbonyl (C=O) groups excluding carboxylic acids is 2. The van der Waals surface area contributed by atoms with E-state index in [0.29, 0.717) is 35.3 Å². The number of anilines is 1. The lowest BCUT2D eigenvalue weighted by atomic mass is 10.1. The molecular weight excluding hydrogens is 506 g/mol. The third-order valence-electron chi connectivity index (χ3n) is 5.92. The van der Waals surface area contributed by atoms with Gasteiger partial charge in [0.1, 0.15) is 5.75 Å². The minimum absolute atomic E-state index is 0.0982. The number of aromatic nitrogens is 3. The molecule has 1 heterocycles. The fraction of sp³-hybridized carbons (Fsp3) is 0.407. The van der Waals surface area contributed by atoms with Gasteiger partial charge in [0.15, 0.2) is 11.0 Å². The zero-order valence-corrected chi connectivity index (χ0v) is 23.9. The van der Waals surface area contributed by atoms with Crippen molar-refractivity contribution < 1.29 is 14.3 Å². The molecule has 2 N–H and O–H groups in total. The molecule has 8 nitrogen and oxygen atoms in total. The highest BCUT2D eigenvalue weighted by atomic mass is 32.2. The fourth-order valence-corrected chi connectivity index (χ4v) is 5.41. The van der Waals surface area contributed by atoms with Gasteiger partial charge in [-0.1, -0.05) is 29.5 Å². The predicted octanol–water partition coefficient (Wildman–Crippen LogP) is 5.19. The van der Waals surface area contributed by atoms with Crippen molar-refractivity contribution in [3.8, 4) is 5.75 Å². The summed E-state index contributed by atoms with van der Waals surface area (Å²) in [6.07, 6.45) is 2.74. The quantitative estimate of drug-likeness (QED) is 0.305. The van der Waals surface area contributed by atoms with E-state index in [0.717, 1.165) is 22.6 Å². The van der Waals surface area contributed by atoms with Crippen LogP contribution in [-0.4, -0.2) is 51.5 Å². The molecule has 0 aliphatic heterocycles. The van der Waals surface area contributed by atoms with Crippen molar-refractivity contribution in [2.45, 2.75) is 51.9 Å². The Morgan fingerprint density at radius 3 is 2.35 bits per heavy atom. The third kappa shape index (κ3) is 7.52. The van der Waals surface area contributed by atoms with E-state index >= 15 is 0 Å². The molecule has 2 aromatic carbocycles. The van der Waals surface area contributed by atoms with Gasteiger partial charge in [0.05, 0.1) is 18.9 Å². The van der Waals surface area contributed by atoms with Crippen LogP contribution in [0.15, 0.2) is 41.6 Å². The van der Waals surface area contributed by atoms with Gasteiger partial charge in [0.2, 0.25) is 5.91 Å². The molecule has 2 amide bonds. The van der Waals surface area contributed by atoms with E-state index in [-0.39, 0.29) is 23.6 Å². The summed E-state index contributed by atoms with van der Waals surface area (Å²) >= 11 is 3.05. The van der Waals surface area contributed by atoms with Crippen molar-refractivity contribution in [1.82, 2.24) is 20.1 Å². The van der Waals surface area contributed by atoms with E-state index in [2.05, 4.69) is 33.0 Å². The summed E-state index contributed by atoms with van der Waals surface area (Å²) in [4.78, 5) is 25.7. The number of nitrogens with one attached hydrogen (secondary N) is 2. The van der Waals surface area contributed by atoms with Crippen LogP contribution in [0.3, 0.4) is 0 Å². The van der Waals surface area contributed by atoms with Crippen LogP contribution < -0.4 is 15.4 Å². The Bertz CT molecular complexity index is 1200. The molecule has 3 rings (SSSR count). The van der Waals surface area contributed by atoms with Crippen LogP contribution in [0.25, 0.3) is 0 Å². The number of aryl methyl sites for hydroxylation is 3. The molecule has 1 atom stereocenters. The number of ether oxygens (including phenoxy) is 1. The first-order valence-corrected chi connectivity index (χ1v) is 14.5. The minimum Gasteiger partial charge on any atom is -0.497 e. The number of carbonyl (C=O) groups is 2. The molecule has 0 saturated heterocycles. The van der Waals surface area contributed by atoms with Crippen molar-refractivity contribution in [2.75, 3.05) is 30.2 Å². The van der Waals surface area contributed by atoms with Crippen LogP contribution in [-0.2, 0) is 11.3 Å². The van der Waals surface area contributed by atoms with Gasteiger partial charge in [0.25, 0.3) is 5.91 Å². The molecule has 1 unspecified atom stereocenters. The van der Waals surface area contributed by atoms with Gasteiger partial charge in [-0.15, -0.1) is 10.2 Å². The molecule has 10 heteroatoms. The molecule has 0 radical (unpaired) electrons. The first-order chi connectivity index (χ1) is 17.8. The molecular formula is C27H35N5O3S2. The zero-order valence-electron chi connectivity index (χ0n) is 22.3. The highest BCUT2D eigenvalue weighted by Gasteiger charge is 2.23. The first-order valence-electron chi connectivity index (χ1n) is 12.1. The van der Waals surface area contributed by atoms with Crippen LogP contribution in [0.1, 0.15) is 52.3 Å². The Hall–Kier alpha value is -2.98. The summed E-state index contributed by atoms with van der Waals surface area (Å²) in [6, 6.07) is 10.8. The van der Waals surface area contributed by atoms with Gasteiger partial charge in [-0.05, 0) is 81.5 Å². The fourth-order valence-electron chi connectivity index (χ4n) is 4.13. The van der Waals surface area contributed by atoms with Crippen molar-refractivity contribution >= 4 is 41.0 Å². The molecule has 0 saturated carbocycles. The SMILES string of the molecule is CCn1c(SCC(=O)Nc2c(C)cc(C)cc2C)nnc1C(CCSC)NC(=O)c1ccc(OC)cc1. The molecule has 3 aromatic rings. The van der Waals surface area contributed by atoms with Crippen LogP contribution in [0.5, 0.6) is 5.75 Å². The lowest BCUT2D eigenvalue weighted by Crippen LogP contribution is -2.31. The predicted molar refractivity (Wildman–Crippen MR) is 152 cm³/mol. The van der Waals surface area contributed by atoms with Crippen molar-refractivity contribution in [1.29, 1.82) is 0 Å². The molecule has 37 heavy (non-hydrogen) atoms. The zero-order chi connectivity index (χ0) is 26.9. The van der Waals surface area contributed by atoms with E-state index < -0.39 is 0 Å². The molecule has 0 bridgehead atoms. The van der Waals surface area contributed by atoms with Gasteiger partial charge in [-0.25, -0.2) is 0 Å². The Morgan fingerprint density at radius 1 is 1.08 bits per heavy atom. The number of rotatable bonds is 12. The number of hydrogen-bond acceptors (Lipinski definition) is 7. The Kier molecular flexibility index (Phi) is 10.5. The number of amides is 2. The average Bonchev–Trinajstić information content (AvgIpc) is 3.30. The summed E-state index contributed by atoms with van der Waals surface area (Å²) in [6.45, 7) is 8.67. The molecule has 0 aliphatic rings. The standard InChI is InChI=1S/C27H35N5O3S2/c1-7-32-25(22(12-13-36-6)28-26(34)20-8-10-21(35-5)11-9-20)30-31-27(32)37-16-23(33)29-24-18(3)14-17(2)15-19(24)4/h8-11,14-15,22H,7,12-13,16H2,1-6H3,(H,28,34)(H,29,33). The van der Waals surface area contributed by atoms with Gasteiger partial charge in [-0.2, -0.15) is 11.8 Å². The second-order valence-corrected chi connectivity index (χ2v) is 10.7. The molecule has 0 aliphatic carbocycles. The lowest BCUT2D eigenvalue weighted by molar-refractivity contribution is -0.113. The van der Waals surface area contributed by atoms with Crippen molar-refractivity contribution in [3.05, 3.63) is 64.5 Å². The normalized spacial score (nSPS) is 11.7. The molecule has 0 spiro atoms. The van der Waals surface area contributed by atoms with E-state index in [1.807, 2.05) is 38.5 Å². The molecule has 1 aromatic heterocycles. The van der Waals surface area contributed by atoms with E-state index in [4.69, 9.17) is 4.74 Å². The smallest absolute Gasteiger partial charge is 0.251 e. The number of hydrogen-bond donors (Lipinski definition) is 2. The first kappa shape index (κ1) is 28.6. The second kappa shape index (κ2) is 13.5. The van der Waals surface area contributed by atoms with Crippen LogP contribution in [0, 0.1) is 20.8 Å². The minimum atomic E-state index is -0.310. The van der Waals surface area contributed by atoms with Gasteiger partial charge in [-0.3, -0.25) is 9.59 Å². The van der Waals surface area contributed by atoms with Gasteiger partial charge in [0, 0.05) is 17.8 Å². The Morgan fingerprint density at radius 2 is 1.76 bits per heavy atom. The summed E-state index contributed by atoms with van der Waals surface area (Å²) in [7, 11) is 1.59. The van der Waals surface area contributed by atoms with Crippen LogP contribution in [0.2, 0.25) is 0 Å². The lowest BCUT2D eigenvalue weighted by Gasteiger charge is -2.19. The summed E-state index contributed by atoms with van der Waals surface area (Å²) in [5, 5.41) is 15.6. The van der Waals surface area contributed by atoms with E-state index in [1.165, 1.54) is 17.3 Å². The van der Waals surface area contributed by atoms with Crippen LogP contribution in [0.4, 0.5) is 5.69 Å². The highest BCUT2D eigenvalue weighted by Crippen LogP contribution is 2.26. The average molecular weight is 542 g/mol. The summed E-state index contributed by atoms with van der Waals surface area (Å²) in [5.74, 6) is 2.16. The number of benzene rings is 2. The summed E-state index contributed by atoms with van der Waals surface area (Å²) in [5.41, 5.74) is 4.65. The number of methoxy groups -OCH3 is 1. The van der Waals surface area contributed by atoms with Gasteiger partial charge < -0.3 is 19.9 Å². The van der Waals surface area contributed by atoms with E-state index in [1.54, 1.807) is 43.1 Å². The largest absolute Gasteiger partial charge is 0.497 e. The highest BCUT2D eigenvalue weighted by molar-refractivity contribution is 7.99. The van der Waals surface area contributed by atoms with Gasteiger partial charge >= 0.3 is 0 Å². The maximum Gasteiger partial charge on any atom is 0.251 e. The maximum absolute atomic E-state index is 13.0.